The summed E-state index contributed by atoms with van der Waals surface area (Å²) in [4.78, 5) is 4.48. The molecule has 2 rings (SSSR count). The Morgan fingerprint density at radius 3 is 2.67 bits per heavy atom. The lowest BCUT2D eigenvalue weighted by molar-refractivity contribution is 0.480. The van der Waals surface area contributed by atoms with Gasteiger partial charge in [-0.3, -0.25) is 4.99 Å². The molecule has 21 heavy (non-hydrogen) atoms. The third-order valence-corrected chi connectivity index (χ3v) is 4.10. The zero-order chi connectivity index (χ0) is 15.4. The zero-order valence-corrected chi connectivity index (χ0v) is 13.4. The highest BCUT2D eigenvalue weighted by Gasteiger charge is 2.40. The van der Waals surface area contributed by atoms with Crippen molar-refractivity contribution in [2.45, 2.75) is 52.1 Å². The van der Waals surface area contributed by atoms with E-state index in [2.05, 4.69) is 36.4 Å². The molecule has 0 aliphatic heterocycles. The largest absolute Gasteiger partial charge is 0.354 e. The molecule has 0 heterocycles. The van der Waals surface area contributed by atoms with Crippen molar-refractivity contribution in [1.82, 2.24) is 10.6 Å². The van der Waals surface area contributed by atoms with Gasteiger partial charge >= 0.3 is 0 Å². The second-order valence-corrected chi connectivity index (χ2v) is 6.11. The van der Waals surface area contributed by atoms with Gasteiger partial charge in [0.25, 0.3) is 0 Å². The van der Waals surface area contributed by atoms with Gasteiger partial charge in [0.1, 0.15) is 5.82 Å². The van der Waals surface area contributed by atoms with Crippen molar-refractivity contribution in [2.24, 2.45) is 10.9 Å². The molecule has 0 spiro atoms. The number of nitrogens with zero attached hydrogens (tertiary/aromatic N) is 1. The van der Waals surface area contributed by atoms with Gasteiger partial charge < -0.3 is 10.6 Å². The quantitative estimate of drug-likeness (QED) is 0.645. The SMILES string of the molecule is CCN=C(NC(C)C(C)C)NC1CC1c1ccccc1F. The van der Waals surface area contributed by atoms with Crippen LogP contribution in [0.5, 0.6) is 0 Å². The molecule has 1 saturated carbocycles. The van der Waals surface area contributed by atoms with Crippen LogP contribution in [0.25, 0.3) is 0 Å². The first kappa shape index (κ1) is 15.8. The fourth-order valence-corrected chi connectivity index (χ4v) is 2.32. The molecular formula is C17H26FN3. The molecule has 2 N–H and O–H groups in total. The fourth-order valence-electron chi connectivity index (χ4n) is 2.32. The van der Waals surface area contributed by atoms with Crippen LogP contribution in [-0.2, 0) is 0 Å². The normalized spacial score (nSPS) is 23.0. The Bertz CT molecular complexity index is 499. The molecule has 116 valence electrons. The average Bonchev–Trinajstić information content (AvgIpc) is 3.18. The second kappa shape index (κ2) is 6.92. The van der Waals surface area contributed by atoms with Crippen LogP contribution in [0, 0.1) is 11.7 Å². The average molecular weight is 291 g/mol. The third kappa shape index (κ3) is 4.19. The van der Waals surface area contributed by atoms with Crippen LogP contribution >= 0.6 is 0 Å². The number of nitrogens with one attached hydrogen (secondary N) is 2. The number of halogens is 1. The molecule has 3 atom stereocenters. The number of rotatable bonds is 5. The third-order valence-electron chi connectivity index (χ3n) is 4.10. The predicted octanol–water partition coefficient (Wildman–Crippen LogP) is 3.28. The van der Waals surface area contributed by atoms with Gasteiger partial charge in [-0.25, -0.2) is 4.39 Å². The summed E-state index contributed by atoms with van der Waals surface area (Å²) < 4.78 is 13.8. The number of benzene rings is 1. The van der Waals surface area contributed by atoms with Crippen molar-refractivity contribution in [3.8, 4) is 0 Å². The Labute approximate surface area is 127 Å². The van der Waals surface area contributed by atoms with E-state index in [0.717, 1.165) is 24.5 Å². The van der Waals surface area contributed by atoms with E-state index >= 15 is 0 Å². The van der Waals surface area contributed by atoms with E-state index in [1.54, 1.807) is 6.07 Å². The van der Waals surface area contributed by atoms with Gasteiger partial charge in [0, 0.05) is 24.5 Å². The topological polar surface area (TPSA) is 36.4 Å². The number of hydrogen-bond donors (Lipinski definition) is 2. The Morgan fingerprint density at radius 2 is 2.05 bits per heavy atom. The van der Waals surface area contributed by atoms with Gasteiger partial charge in [-0.15, -0.1) is 0 Å². The molecule has 0 bridgehead atoms. The van der Waals surface area contributed by atoms with Gasteiger partial charge in [-0.05, 0) is 37.8 Å². The van der Waals surface area contributed by atoms with Crippen LogP contribution in [0.3, 0.4) is 0 Å². The van der Waals surface area contributed by atoms with Gasteiger partial charge in [0.05, 0.1) is 0 Å². The first-order chi connectivity index (χ1) is 10.0. The Morgan fingerprint density at radius 1 is 1.33 bits per heavy atom. The van der Waals surface area contributed by atoms with E-state index in [1.807, 2.05) is 19.1 Å². The van der Waals surface area contributed by atoms with E-state index in [0.29, 0.717) is 12.0 Å². The molecule has 0 saturated heterocycles. The number of aliphatic imine (C=N–C) groups is 1. The summed E-state index contributed by atoms with van der Waals surface area (Å²) in [6, 6.07) is 7.67. The molecule has 1 fully saturated rings. The van der Waals surface area contributed by atoms with Crippen molar-refractivity contribution in [3.63, 3.8) is 0 Å². The van der Waals surface area contributed by atoms with Crippen LogP contribution in [0.2, 0.25) is 0 Å². The summed E-state index contributed by atoms with van der Waals surface area (Å²) >= 11 is 0. The highest BCUT2D eigenvalue weighted by Crippen LogP contribution is 2.41. The molecule has 1 aromatic rings. The lowest BCUT2D eigenvalue weighted by Gasteiger charge is -2.21. The summed E-state index contributed by atoms with van der Waals surface area (Å²) in [6.07, 6.45) is 0.960. The molecule has 3 nitrogen and oxygen atoms in total. The van der Waals surface area contributed by atoms with Crippen molar-refractivity contribution >= 4 is 5.96 Å². The van der Waals surface area contributed by atoms with Crippen molar-refractivity contribution in [1.29, 1.82) is 0 Å². The van der Waals surface area contributed by atoms with Crippen molar-refractivity contribution in [3.05, 3.63) is 35.6 Å². The lowest BCUT2D eigenvalue weighted by atomic mass is 10.1. The Kier molecular flexibility index (Phi) is 5.21. The van der Waals surface area contributed by atoms with Crippen LogP contribution in [0.15, 0.2) is 29.3 Å². The molecule has 1 aliphatic rings. The van der Waals surface area contributed by atoms with E-state index in [4.69, 9.17) is 0 Å². The van der Waals surface area contributed by atoms with Gasteiger partial charge in [0.15, 0.2) is 5.96 Å². The lowest BCUT2D eigenvalue weighted by Crippen LogP contribution is -2.45. The maximum atomic E-state index is 13.8. The minimum absolute atomic E-state index is 0.107. The van der Waals surface area contributed by atoms with Gasteiger partial charge in [0.2, 0.25) is 0 Å². The second-order valence-electron chi connectivity index (χ2n) is 6.11. The van der Waals surface area contributed by atoms with E-state index < -0.39 is 0 Å². The van der Waals surface area contributed by atoms with Crippen molar-refractivity contribution in [2.75, 3.05) is 6.54 Å². The van der Waals surface area contributed by atoms with E-state index in [1.165, 1.54) is 6.07 Å². The monoisotopic (exact) mass is 291 g/mol. The summed E-state index contributed by atoms with van der Waals surface area (Å²) in [5, 5.41) is 6.85. The van der Waals surface area contributed by atoms with E-state index in [-0.39, 0.29) is 17.8 Å². The molecule has 0 aromatic heterocycles. The minimum atomic E-state index is -0.107. The molecule has 1 aliphatic carbocycles. The maximum absolute atomic E-state index is 13.8. The van der Waals surface area contributed by atoms with Gasteiger partial charge in [-0.2, -0.15) is 0 Å². The fraction of sp³-hybridized carbons (Fsp3) is 0.588. The summed E-state index contributed by atoms with van der Waals surface area (Å²) in [5.74, 6) is 1.52. The Hall–Kier alpha value is -1.58. The zero-order valence-electron chi connectivity index (χ0n) is 13.4. The summed E-state index contributed by atoms with van der Waals surface area (Å²) in [6.45, 7) is 9.27. The first-order valence-corrected chi connectivity index (χ1v) is 7.84. The molecule has 0 radical (unpaired) electrons. The highest BCUT2D eigenvalue weighted by molar-refractivity contribution is 5.81. The molecular weight excluding hydrogens is 265 g/mol. The standard InChI is InChI=1S/C17H26FN3/c1-5-19-17(20-12(4)11(2)3)21-16-10-14(16)13-8-6-7-9-15(13)18/h6-9,11-12,14,16H,5,10H2,1-4H3,(H2,19,20,21). The number of hydrogen-bond acceptors (Lipinski definition) is 1. The molecule has 4 heteroatoms. The van der Waals surface area contributed by atoms with Gasteiger partial charge in [-0.1, -0.05) is 32.0 Å². The minimum Gasteiger partial charge on any atom is -0.354 e. The smallest absolute Gasteiger partial charge is 0.191 e. The molecule has 1 aromatic carbocycles. The maximum Gasteiger partial charge on any atom is 0.191 e. The predicted molar refractivity (Wildman–Crippen MR) is 86.1 cm³/mol. The van der Waals surface area contributed by atoms with Crippen LogP contribution in [0.1, 0.15) is 45.6 Å². The highest BCUT2D eigenvalue weighted by atomic mass is 19.1. The van der Waals surface area contributed by atoms with Crippen LogP contribution < -0.4 is 10.6 Å². The van der Waals surface area contributed by atoms with Crippen LogP contribution in [0.4, 0.5) is 4.39 Å². The molecule has 0 amide bonds. The first-order valence-electron chi connectivity index (χ1n) is 7.84. The Balaban J connectivity index is 1.95. The molecule has 3 unspecified atom stereocenters. The summed E-state index contributed by atoms with van der Waals surface area (Å²) in [7, 11) is 0. The summed E-state index contributed by atoms with van der Waals surface area (Å²) in [5.41, 5.74) is 0.808. The van der Waals surface area contributed by atoms with E-state index in [9.17, 15) is 4.39 Å². The van der Waals surface area contributed by atoms with Crippen LogP contribution in [-0.4, -0.2) is 24.6 Å². The number of guanidine groups is 1. The van der Waals surface area contributed by atoms with Crippen molar-refractivity contribution < 1.29 is 4.39 Å².